The summed E-state index contributed by atoms with van der Waals surface area (Å²) in [6, 6.07) is 1.35. The van der Waals surface area contributed by atoms with Crippen molar-refractivity contribution in [2.45, 2.75) is 105 Å². The SMILES string of the molecule is C/C(=C\CSCC(Nc1cc(C)c[nH]1)C(=O)O)CCCC(C)CCCC(C)CCCC(C)C. The maximum Gasteiger partial charge on any atom is 0.327 e. The topological polar surface area (TPSA) is 65.1 Å². The van der Waals surface area contributed by atoms with Crippen LogP contribution >= 0.6 is 11.8 Å². The van der Waals surface area contributed by atoms with Crippen LogP contribution in [0.15, 0.2) is 23.9 Å². The zero-order valence-corrected chi connectivity index (χ0v) is 22.9. The van der Waals surface area contributed by atoms with E-state index in [9.17, 15) is 9.90 Å². The monoisotopic (exact) mass is 478 g/mol. The summed E-state index contributed by atoms with van der Waals surface area (Å²) < 4.78 is 0. The fraction of sp³-hybridized carbons (Fsp3) is 0.750. The van der Waals surface area contributed by atoms with Crippen LogP contribution in [0.1, 0.15) is 98.0 Å². The average molecular weight is 479 g/mol. The molecule has 0 radical (unpaired) electrons. The van der Waals surface area contributed by atoms with E-state index in [0.29, 0.717) is 5.75 Å². The van der Waals surface area contributed by atoms with Gasteiger partial charge in [0.25, 0.3) is 0 Å². The molecule has 0 spiro atoms. The Morgan fingerprint density at radius 1 is 1.06 bits per heavy atom. The predicted molar refractivity (Wildman–Crippen MR) is 146 cm³/mol. The predicted octanol–water partition coefficient (Wildman–Crippen LogP) is 8.31. The highest BCUT2D eigenvalue weighted by Crippen LogP contribution is 2.22. The molecule has 0 aliphatic heterocycles. The van der Waals surface area contributed by atoms with Crippen molar-refractivity contribution in [2.75, 3.05) is 16.8 Å². The molecular formula is C28H50N2O2S. The third-order valence-corrected chi connectivity index (χ3v) is 7.40. The molecule has 3 N–H and O–H groups in total. The second kappa shape index (κ2) is 17.1. The van der Waals surface area contributed by atoms with Gasteiger partial charge in [-0.1, -0.05) is 84.3 Å². The molecule has 0 aromatic carbocycles. The number of allylic oxidation sites excluding steroid dienone is 1. The Hall–Kier alpha value is -1.36. The minimum absolute atomic E-state index is 0.546. The van der Waals surface area contributed by atoms with Gasteiger partial charge in [-0.2, -0.15) is 11.8 Å². The number of carboxylic acid groups (broad SMARTS) is 1. The standard InChI is InChI=1S/C28H50N2O2S/c1-21(2)10-7-11-22(3)12-8-13-23(4)14-9-15-24(5)16-17-33-20-26(28(31)32)30-27-18-25(6)19-29-27/h16,18-19,21-23,26,29-30H,7-15,17,20H2,1-6H3,(H,31,32)/b24-16+. The lowest BCUT2D eigenvalue weighted by Gasteiger charge is -2.15. The molecule has 1 aromatic rings. The quantitative estimate of drug-likeness (QED) is 0.138. The van der Waals surface area contributed by atoms with Gasteiger partial charge in [0, 0.05) is 17.7 Å². The number of anilines is 1. The molecule has 1 rings (SSSR count). The number of nitrogens with one attached hydrogen (secondary N) is 2. The van der Waals surface area contributed by atoms with E-state index in [1.165, 1.54) is 56.9 Å². The number of thioether (sulfide) groups is 1. The summed E-state index contributed by atoms with van der Waals surface area (Å²) in [4.78, 5) is 14.6. The van der Waals surface area contributed by atoms with Gasteiger partial charge in [-0.15, -0.1) is 0 Å². The molecule has 0 amide bonds. The highest BCUT2D eigenvalue weighted by Gasteiger charge is 2.17. The summed E-state index contributed by atoms with van der Waals surface area (Å²) in [6.45, 7) is 13.7. The molecule has 1 aromatic heterocycles. The van der Waals surface area contributed by atoms with Gasteiger partial charge >= 0.3 is 5.97 Å². The first-order valence-electron chi connectivity index (χ1n) is 13.0. The Labute approximate surface area is 207 Å². The molecule has 190 valence electrons. The molecule has 3 unspecified atom stereocenters. The number of carbonyl (C=O) groups is 1. The van der Waals surface area contributed by atoms with Crippen molar-refractivity contribution >= 4 is 23.5 Å². The van der Waals surface area contributed by atoms with Crippen LogP contribution in [-0.4, -0.2) is 33.6 Å². The van der Waals surface area contributed by atoms with Crippen LogP contribution in [0.5, 0.6) is 0 Å². The molecule has 4 nitrogen and oxygen atoms in total. The molecule has 0 saturated heterocycles. The van der Waals surface area contributed by atoms with Crippen LogP contribution in [0.4, 0.5) is 5.82 Å². The summed E-state index contributed by atoms with van der Waals surface area (Å²) in [6.07, 6.45) is 16.1. The maximum atomic E-state index is 11.5. The molecule has 0 saturated carbocycles. The molecule has 5 heteroatoms. The third kappa shape index (κ3) is 15.2. The molecule has 1 heterocycles. The van der Waals surface area contributed by atoms with E-state index in [2.05, 4.69) is 51.0 Å². The number of aromatic nitrogens is 1. The van der Waals surface area contributed by atoms with Crippen molar-refractivity contribution in [3.8, 4) is 0 Å². The largest absolute Gasteiger partial charge is 0.480 e. The highest BCUT2D eigenvalue weighted by atomic mass is 32.2. The first kappa shape index (κ1) is 29.7. The molecular weight excluding hydrogens is 428 g/mol. The highest BCUT2D eigenvalue weighted by molar-refractivity contribution is 7.99. The summed E-state index contributed by atoms with van der Waals surface area (Å²) in [7, 11) is 0. The van der Waals surface area contributed by atoms with E-state index in [1.54, 1.807) is 11.8 Å². The van der Waals surface area contributed by atoms with Gasteiger partial charge in [-0.3, -0.25) is 0 Å². The molecule has 33 heavy (non-hydrogen) atoms. The molecule has 0 bridgehead atoms. The van der Waals surface area contributed by atoms with Crippen molar-refractivity contribution in [2.24, 2.45) is 17.8 Å². The number of hydrogen-bond acceptors (Lipinski definition) is 3. The van der Waals surface area contributed by atoms with Crippen molar-refractivity contribution in [1.29, 1.82) is 0 Å². The Kier molecular flexibility index (Phi) is 15.4. The number of aryl methyl sites for hydroxylation is 1. The second-order valence-electron chi connectivity index (χ2n) is 10.6. The first-order valence-corrected chi connectivity index (χ1v) is 14.2. The van der Waals surface area contributed by atoms with E-state index < -0.39 is 12.0 Å². The van der Waals surface area contributed by atoms with E-state index >= 15 is 0 Å². The van der Waals surface area contributed by atoms with Gasteiger partial charge in [-0.25, -0.2) is 4.79 Å². The smallest absolute Gasteiger partial charge is 0.327 e. The molecule has 0 aliphatic carbocycles. The zero-order chi connectivity index (χ0) is 24.6. The van der Waals surface area contributed by atoms with Crippen LogP contribution in [0.2, 0.25) is 0 Å². The molecule has 0 aliphatic rings. The summed E-state index contributed by atoms with van der Waals surface area (Å²) >= 11 is 1.67. The minimum atomic E-state index is -0.811. The van der Waals surface area contributed by atoms with Crippen LogP contribution in [-0.2, 0) is 4.79 Å². The Balaban J connectivity index is 2.13. The van der Waals surface area contributed by atoms with Gasteiger partial charge < -0.3 is 15.4 Å². The van der Waals surface area contributed by atoms with E-state index in [1.807, 2.05) is 19.2 Å². The van der Waals surface area contributed by atoms with Crippen LogP contribution in [0.3, 0.4) is 0 Å². The van der Waals surface area contributed by atoms with E-state index in [-0.39, 0.29) is 0 Å². The third-order valence-electron chi connectivity index (χ3n) is 6.43. The van der Waals surface area contributed by atoms with E-state index in [0.717, 1.165) is 41.3 Å². The number of carboxylic acids is 1. The fourth-order valence-corrected chi connectivity index (χ4v) is 5.14. The fourth-order valence-electron chi connectivity index (χ4n) is 4.14. The average Bonchev–Trinajstić information content (AvgIpc) is 3.14. The molecule has 3 atom stereocenters. The Morgan fingerprint density at radius 3 is 2.21 bits per heavy atom. The lowest BCUT2D eigenvalue weighted by atomic mass is 9.91. The van der Waals surface area contributed by atoms with Gasteiger partial charge in [0.1, 0.15) is 11.9 Å². The van der Waals surface area contributed by atoms with Crippen molar-refractivity contribution < 1.29 is 9.90 Å². The van der Waals surface area contributed by atoms with Crippen molar-refractivity contribution in [3.63, 3.8) is 0 Å². The summed E-state index contributed by atoms with van der Waals surface area (Å²) in [5.41, 5.74) is 2.52. The zero-order valence-electron chi connectivity index (χ0n) is 22.1. The van der Waals surface area contributed by atoms with Crippen LogP contribution in [0, 0.1) is 24.7 Å². The van der Waals surface area contributed by atoms with Gasteiger partial charge in [-0.05, 0) is 56.1 Å². The maximum absolute atomic E-state index is 11.5. The number of aromatic amines is 1. The number of aliphatic carboxylic acids is 1. The second-order valence-corrected chi connectivity index (χ2v) is 11.6. The Morgan fingerprint density at radius 2 is 1.67 bits per heavy atom. The minimum Gasteiger partial charge on any atom is -0.480 e. The first-order chi connectivity index (χ1) is 15.7. The van der Waals surface area contributed by atoms with Crippen LogP contribution in [0.25, 0.3) is 0 Å². The van der Waals surface area contributed by atoms with Crippen molar-refractivity contribution in [1.82, 2.24) is 4.98 Å². The lowest BCUT2D eigenvalue weighted by Crippen LogP contribution is -2.31. The van der Waals surface area contributed by atoms with Crippen LogP contribution < -0.4 is 5.32 Å². The number of rotatable bonds is 19. The van der Waals surface area contributed by atoms with Gasteiger partial charge in [0.15, 0.2) is 0 Å². The lowest BCUT2D eigenvalue weighted by molar-refractivity contribution is -0.137. The molecule has 0 fully saturated rings. The number of hydrogen-bond donors (Lipinski definition) is 3. The summed E-state index contributed by atoms with van der Waals surface area (Å²) in [5.74, 6) is 3.90. The number of H-pyrrole nitrogens is 1. The Bertz CT molecular complexity index is 683. The van der Waals surface area contributed by atoms with Crippen molar-refractivity contribution in [3.05, 3.63) is 29.5 Å². The normalized spacial score (nSPS) is 14.9. The van der Waals surface area contributed by atoms with Gasteiger partial charge in [0.2, 0.25) is 0 Å². The summed E-state index contributed by atoms with van der Waals surface area (Å²) in [5, 5.41) is 12.5. The van der Waals surface area contributed by atoms with E-state index in [4.69, 9.17) is 0 Å². The van der Waals surface area contributed by atoms with Gasteiger partial charge in [0.05, 0.1) is 0 Å².